The highest BCUT2D eigenvalue weighted by atomic mass is 16.4. The second kappa shape index (κ2) is 9.05. The number of aliphatic carboxylic acids is 1. The summed E-state index contributed by atoms with van der Waals surface area (Å²) in [6.07, 6.45) is 0.872. The monoisotopic (exact) mass is 334 g/mol. The molecule has 6 nitrogen and oxygen atoms in total. The molecule has 0 fully saturated rings. The first kappa shape index (κ1) is 19.7. The van der Waals surface area contributed by atoms with Gasteiger partial charge in [-0.15, -0.1) is 0 Å². The lowest BCUT2D eigenvalue weighted by atomic mass is 9.96. The highest BCUT2D eigenvalue weighted by Gasteiger charge is 2.21. The van der Waals surface area contributed by atoms with Crippen molar-refractivity contribution in [1.82, 2.24) is 10.6 Å². The van der Waals surface area contributed by atoms with Crippen LogP contribution < -0.4 is 10.6 Å². The molecule has 0 aromatic heterocycles. The third-order valence-electron chi connectivity index (χ3n) is 3.46. The maximum atomic E-state index is 11.9. The molecule has 24 heavy (non-hydrogen) atoms. The number of amides is 2. The Hall–Kier alpha value is -2.37. The Bertz CT molecular complexity index is 564. The van der Waals surface area contributed by atoms with E-state index in [4.69, 9.17) is 0 Å². The summed E-state index contributed by atoms with van der Waals surface area (Å²) < 4.78 is 0. The fourth-order valence-corrected chi connectivity index (χ4v) is 2.03. The standard InChI is InChI=1S/C18H26N2O4/c1-18(2,3)17(24)19-11-7-10-15(21)20-14(16(22)23)12-13-8-5-4-6-9-13/h4-6,8-9,14H,7,10-12H2,1-3H3,(H,19,24)(H,20,21)(H,22,23). The molecule has 0 radical (unpaired) electrons. The number of carboxylic acids is 1. The van der Waals surface area contributed by atoms with E-state index in [-0.39, 0.29) is 24.7 Å². The van der Waals surface area contributed by atoms with E-state index in [1.807, 2.05) is 51.1 Å². The molecule has 1 rings (SSSR count). The van der Waals surface area contributed by atoms with Gasteiger partial charge in [-0.3, -0.25) is 9.59 Å². The van der Waals surface area contributed by atoms with Crippen molar-refractivity contribution in [2.24, 2.45) is 5.41 Å². The molecule has 1 aromatic carbocycles. The van der Waals surface area contributed by atoms with Gasteiger partial charge in [0.05, 0.1) is 0 Å². The molecule has 0 aliphatic carbocycles. The quantitative estimate of drug-likeness (QED) is 0.631. The summed E-state index contributed by atoms with van der Waals surface area (Å²) in [5.74, 6) is -1.47. The van der Waals surface area contributed by atoms with Crippen LogP contribution in [0.1, 0.15) is 39.2 Å². The van der Waals surface area contributed by atoms with Crippen molar-refractivity contribution in [1.29, 1.82) is 0 Å². The fourth-order valence-electron chi connectivity index (χ4n) is 2.03. The average Bonchev–Trinajstić information content (AvgIpc) is 2.50. The summed E-state index contributed by atoms with van der Waals surface area (Å²) in [5, 5.41) is 14.5. The lowest BCUT2D eigenvalue weighted by Gasteiger charge is -2.18. The van der Waals surface area contributed by atoms with Gasteiger partial charge < -0.3 is 15.7 Å². The van der Waals surface area contributed by atoms with Gasteiger partial charge in [0.25, 0.3) is 0 Å². The van der Waals surface area contributed by atoms with E-state index < -0.39 is 17.4 Å². The molecule has 132 valence electrons. The van der Waals surface area contributed by atoms with Gasteiger partial charge in [0.2, 0.25) is 11.8 Å². The van der Waals surface area contributed by atoms with Crippen molar-refractivity contribution < 1.29 is 19.5 Å². The van der Waals surface area contributed by atoms with Crippen molar-refractivity contribution in [3.8, 4) is 0 Å². The van der Waals surface area contributed by atoms with Crippen LogP contribution in [-0.2, 0) is 20.8 Å². The van der Waals surface area contributed by atoms with E-state index in [2.05, 4.69) is 10.6 Å². The van der Waals surface area contributed by atoms with E-state index in [0.29, 0.717) is 13.0 Å². The second-order valence-corrected chi connectivity index (χ2v) is 6.76. The van der Waals surface area contributed by atoms with Crippen molar-refractivity contribution in [3.05, 3.63) is 35.9 Å². The second-order valence-electron chi connectivity index (χ2n) is 6.76. The van der Waals surface area contributed by atoms with Crippen LogP contribution in [-0.4, -0.2) is 35.5 Å². The SMILES string of the molecule is CC(C)(C)C(=O)NCCCC(=O)NC(Cc1ccccc1)C(=O)O. The van der Waals surface area contributed by atoms with E-state index in [0.717, 1.165) is 5.56 Å². The molecule has 2 amide bonds. The molecular formula is C18H26N2O4. The van der Waals surface area contributed by atoms with E-state index in [1.54, 1.807) is 0 Å². The average molecular weight is 334 g/mol. The first-order chi connectivity index (χ1) is 11.2. The summed E-state index contributed by atoms with van der Waals surface area (Å²) in [6.45, 7) is 5.84. The number of hydrogen-bond acceptors (Lipinski definition) is 3. The minimum atomic E-state index is -1.06. The molecule has 0 saturated carbocycles. The fraction of sp³-hybridized carbons (Fsp3) is 0.500. The number of rotatable bonds is 8. The minimum absolute atomic E-state index is 0.0737. The van der Waals surface area contributed by atoms with Gasteiger partial charge in [-0.1, -0.05) is 51.1 Å². The van der Waals surface area contributed by atoms with Crippen LogP contribution in [0.25, 0.3) is 0 Å². The lowest BCUT2D eigenvalue weighted by Crippen LogP contribution is -2.42. The van der Waals surface area contributed by atoms with Gasteiger partial charge in [0, 0.05) is 24.8 Å². The molecule has 0 aliphatic rings. The Kier molecular flexibility index (Phi) is 7.42. The van der Waals surface area contributed by atoms with Crippen LogP contribution >= 0.6 is 0 Å². The molecule has 0 heterocycles. The topological polar surface area (TPSA) is 95.5 Å². The third kappa shape index (κ3) is 7.26. The molecule has 1 unspecified atom stereocenters. The maximum absolute atomic E-state index is 11.9. The van der Waals surface area contributed by atoms with Gasteiger partial charge >= 0.3 is 5.97 Å². The van der Waals surface area contributed by atoms with Crippen LogP contribution in [0.4, 0.5) is 0 Å². The van der Waals surface area contributed by atoms with Gasteiger partial charge in [-0.2, -0.15) is 0 Å². The highest BCUT2D eigenvalue weighted by molar-refractivity contribution is 5.84. The Labute approximate surface area is 142 Å². The molecule has 0 saturated heterocycles. The Balaban J connectivity index is 2.38. The molecule has 6 heteroatoms. The number of benzene rings is 1. The van der Waals surface area contributed by atoms with E-state index in [9.17, 15) is 19.5 Å². The zero-order valence-corrected chi connectivity index (χ0v) is 14.5. The predicted octanol–water partition coefficient (Wildman–Crippen LogP) is 1.74. The number of carbonyl (C=O) groups excluding carboxylic acids is 2. The van der Waals surface area contributed by atoms with Gasteiger partial charge in [0.1, 0.15) is 6.04 Å². The predicted molar refractivity (Wildman–Crippen MR) is 91.4 cm³/mol. The normalized spacial score (nSPS) is 12.3. The lowest BCUT2D eigenvalue weighted by molar-refractivity contribution is -0.141. The summed E-state index contributed by atoms with van der Waals surface area (Å²) >= 11 is 0. The largest absolute Gasteiger partial charge is 0.480 e. The maximum Gasteiger partial charge on any atom is 0.326 e. The zero-order chi connectivity index (χ0) is 18.2. The van der Waals surface area contributed by atoms with Crippen LogP contribution in [0, 0.1) is 5.41 Å². The number of carboxylic acid groups (broad SMARTS) is 1. The molecule has 0 spiro atoms. The van der Waals surface area contributed by atoms with E-state index in [1.165, 1.54) is 0 Å². The molecule has 0 aliphatic heterocycles. The Morgan fingerprint density at radius 1 is 1.12 bits per heavy atom. The van der Waals surface area contributed by atoms with Crippen molar-refractivity contribution in [3.63, 3.8) is 0 Å². The van der Waals surface area contributed by atoms with Crippen LogP contribution in [0.2, 0.25) is 0 Å². The summed E-state index contributed by atoms with van der Waals surface area (Å²) in [7, 11) is 0. The van der Waals surface area contributed by atoms with Gasteiger partial charge in [-0.05, 0) is 12.0 Å². The molecular weight excluding hydrogens is 308 g/mol. The minimum Gasteiger partial charge on any atom is -0.480 e. The summed E-state index contributed by atoms with van der Waals surface area (Å²) in [4.78, 5) is 34.9. The molecule has 3 N–H and O–H groups in total. The first-order valence-corrected chi connectivity index (χ1v) is 8.04. The molecule has 1 aromatic rings. The van der Waals surface area contributed by atoms with Crippen LogP contribution in [0.15, 0.2) is 30.3 Å². The first-order valence-electron chi connectivity index (χ1n) is 8.04. The smallest absolute Gasteiger partial charge is 0.326 e. The van der Waals surface area contributed by atoms with Crippen molar-refractivity contribution in [2.75, 3.05) is 6.54 Å². The van der Waals surface area contributed by atoms with Crippen molar-refractivity contribution in [2.45, 2.75) is 46.1 Å². The van der Waals surface area contributed by atoms with Gasteiger partial charge in [-0.25, -0.2) is 4.79 Å². The molecule has 0 bridgehead atoms. The Morgan fingerprint density at radius 3 is 2.29 bits per heavy atom. The highest BCUT2D eigenvalue weighted by Crippen LogP contribution is 2.12. The zero-order valence-electron chi connectivity index (χ0n) is 14.5. The van der Waals surface area contributed by atoms with Gasteiger partial charge in [0.15, 0.2) is 0 Å². The number of hydrogen-bond donors (Lipinski definition) is 3. The number of nitrogens with one attached hydrogen (secondary N) is 2. The van der Waals surface area contributed by atoms with Crippen molar-refractivity contribution >= 4 is 17.8 Å². The summed E-state index contributed by atoms with van der Waals surface area (Å²) in [6, 6.07) is 8.20. The summed E-state index contributed by atoms with van der Waals surface area (Å²) in [5.41, 5.74) is 0.384. The number of carbonyl (C=O) groups is 3. The Morgan fingerprint density at radius 2 is 1.75 bits per heavy atom. The third-order valence-corrected chi connectivity index (χ3v) is 3.46. The van der Waals surface area contributed by atoms with Crippen LogP contribution in [0.5, 0.6) is 0 Å². The van der Waals surface area contributed by atoms with Crippen LogP contribution in [0.3, 0.4) is 0 Å². The molecule has 1 atom stereocenters. The van der Waals surface area contributed by atoms with E-state index >= 15 is 0 Å².